The third-order valence-corrected chi connectivity index (χ3v) is 5.37. The van der Waals surface area contributed by atoms with Gasteiger partial charge in [0.2, 0.25) is 0 Å². The number of aliphatic hydroxyl groups is 1. The highest BCUT2D eigenvalue weighted by Crippen LogP contribution is 2.34. The Balaban J connectivity index is 1.73. The van der Waals surface area contributed by atoms with E-state index in [1.165, 1.54) is 24.6 Å². The Labute approximate surface area is 140 Å². The third-order valence-electron chi connectivity index (χ3n) is 5.06. The van der Waals surface area contributed by atoms with E-state index in [-0.39, 0.29) is 23.1 Å². The van der Waals surface area contributed by atoms with Gasteiger partial charge in [0.25, 0.3) is 5.91 Å². The number of benzene rings is 1. The summed E-state index contributed by atoms with van der Waals surface area (Å²) in [5.41, 5.74) is 0.337. The van der Waals surface area contributed by atoms with Gasteiger partial charge in [-0.3, -0.25) is 9.69 Å². The maximum Gasteiger partial charge on any atom is 0.255 e. The number of hydrogen-bond donors (Lipinski definition) is 1. The molecule has 23 heavy (non-hydrogen) atoms. The summed E-state index contributed by atoms with van der Waals surface area (Å²) >= 11 is 6.03. The molecular formula is C17H22ClFN2O2. The highest BCUT2D eigenvalue weighted by molar-refractivity contribution is 6.33. The lowest BCUT2D eigenvalue weighted by atomic mass is 9.78. The van der Waals surface area contributed by atoms with Crippen molar-refractivity contribution in [1.82, 2.24) is 9.80 Å². The first kappa shape index (κ1) is 16.7. The van der Waals surface area contributed by atoms with Gasteiger partial charge in [-0.2, -0.15) is 0 Å². The predicted octanol–water partition coefficient (Wildman–Crippen LogP) is 2.40. The number of halogens is 2. The lowest BCUT2D eigenvalue weighted by Crippen LogP contribution is -2.58. The molecular weight excluding hydrogens is 319 g/mol. The maximum absolute atomic E-state index is 13.2. The van der Waals surface area contributed by atoms with Crippen LogP contribution in [0.2, 0.25) is 5.02 Å². The monoisotopic (exact) mass is 340 g/mol. The number of nitrogens with zero attached hydrogens (tertiary/aromatic N) is 2. The van der Waals surface area contributed by atoms with Gasteiger partial charge in [0.1, 0.15) is 5.82 Å². The van der Waals surface area contributed by atoms with Crippen LogP contribution in [-0.4, -0.2) is 59.6 Å². The van der Waals surface area contributed by atoms with Gasteiger partial charge in [0.05, 0.1) is 16.7 Å². The lowest BCUT2D eigenvalue weighted by molar-refractivity contribution is -0.0223. The van der Waals surface area contributed by atoms with E-state index in [4.69, 9.17) is 11.6 Å². The molecule has 1 atom stereocenters. The van der Waals surface area contributed by atoms with Crippen molar-refractivity contribution in [1.29, 1.82) is 0 Å². The van der Waals surface area contributed by atoms with Gasteiger partial charge >= 0.3 is 0 Å². The van der Waals surface area contributed by atoms with E-state index in [0.29, 0.717) is 24.6 Å². The summed E-state index contributed by atoms with van der Waals surface area (Å²) in [6, 6.07) is 3.98. The topological polar surface area (TPSA) is 43.8 Å². The molecule has 6 heteroatoms. The molecule has 4 nitrogen and oxygen atoms in total. The summed E-state index contributed by atoms with van der Waals surface area (Å²) in [5, 5.41) is 9.60. The minimum absolute atomic E-state index is 0.102. The number of rotatable bonds is 5. The van der Waals surface area contributed by atoms with Crippen molar-refractivity contribution < 1.29 is 14.3 Å². The fraction of sp³-hybridized carbons (Fsp3) is 0.588. The molecule has 1 N–H and O–H groups in total. The van der Waals surface area contributed by atoms with Crippen molar-refractivity contribution >= 4 is 17.5 Å². The normalized spacial score (nSPS) is 20.7. The number of aliphatic hydroxyl groups excluding tert-OH is 1. The van der Waals surface area contributed by atoms with Crippen molar-refractivity contribution in [2.24, 2.45) is 5.92 Å². The van der Waals surface area contributed by atoms with Crippen LogP contribution in [0.15, 0.2) is 18.2 Å². The Hall–Kier alpha value is -1.17. The second-order valence-corrected chi connectivity index (χ2v) is 7.08. The standard InChI is InChI=1S/C17H22ClFN2O2/c1-20(17(23)14-6-5-12(19)7-15(14)18)16(11-3-2-4-11)10-21-8-13(22)9-21/h5-7,11,13,16,22H,2-4,8-10H2,1H3/t16-/m0/s1. The van der Waals surface area contributed by atoms with Crippen LogP contribution in [-0.2, 0) is 0 Å². The number of β-amino-alcohol motifs (C(OH)–C–C–N with tert-alkyl or cyclic N) is 1. The molecule has 0 aromatic heterocycles. The average molecular weight is 341 g/mol. The summed E-state index contributed by atoms with van der Waals surface area (Å²) in [7, 11) is 1.79. The highest BCUT2D eigenvalue weighted by Gasteiger charge is 2.37. The number of hydrogen-bond acceptors (Lipinski definition) is 3. The summed E-state index contributed by atoms with van der Waals surface area (Å²) in [6.07, 6.45) is 3.19. The van der Waals surface area contributed by atoms with E-state index in [9.17, 15) is 14.3 Å². The molecule has 1 amide bonds. The average Bonchev–Trinajstić information content (AvgIpc) is 2.41. The van der Waals surface area contributed by atoms with Crippen LogP contribution in [0, 0.1) is 11.7 Å². The van der Waals surface area contributed by atoms with Crippen LogP contribution in [0.25, 0.3) is 0 Å². The zero-order chi connectivity index (χ0) is 16.6. The van der Waals surface area contributed by atoms with Gasteiger partial charge in [0.15, 0.2) is 0 Å². The van der Waals surface area contributed by atoms with E-state index >= 15 is 0 Å². The zero-order valence-corrected chi connectivity index (χ0v) is 14.0. The van der Waals surface area contributed by atoms with Crippen molar-refractivity contribution in [2.45, 2.75) is 31.4 Å². The number of amides is 1. The van der Waals surface area contributed by atoms with Crippen molar-refractivity contribution in [3.8, 4) is 0 Å². The molecule has 126 valence electrons. The number of carbonyl (C=O) groups excluding carboxylic acids is 1. The van der Waals surface area contributed by atoms with Crippen LogP contribution < -0.4 is 0 Å². The first-order valence-corrected chi connectivity index (χ1v) is 8.46. The fourth-order valence-corrected chi connectivity index (χ4v) is 3.62. The fourth-order valence-electron chi connectivity index (χ4n) is 3.37. The molecule has 0 radical (unpaired) electrons. The van der Waals surface area contributed by atoms with Gasteiger partial charge in [-0.15, -0.1) is 0 Å². The molecule has 0 spiro atoms. The second-order valence-electron chi connectivity index (χ2n) is 6.67. The van der Waals surface area contributed by atoms with E-state index < -0.39 is 5.82 Å². The largest absolute Gasteiger partial charge is 0.390 e. The van der Waals surface area contributed by atoms with Gasteiger partial charge < -0.3 is 10.0 Å². The van der Waals surface area contributed by atoms with Crippen molar-refractivity contribution in [2.75, 3.05) is 26.7 Å². The summed E-state index contributed by atoms with van der Waals surface area (Å²) < 4.78 is 13.2. The Kier molecular flexibility index (Phi) is 4.90. The predicted molar refractivity (Wildman–Crippen MR) is 87.1 cm³/mol. The Morgan fingerprint density at radius 2 is 2.17 bits per heavy atom. The molecule has 0 unspecified atom stereocenters. The zero-order valence-electron chi connectivity index (χ0n) is 13.2. The first-order chi connectivity index (χ1) is 11.0. The molecule has 1 aliphatic heterocycles. The Morgan fingerprint density at radius 1 is 1.48 bits per heavy atom. The van der Waals surface area contributed by atoms with E-state index in [2.05, 4.69) is 4.90 Å². The summed E-state index contributed by atoms with van der Waals surface area (Å²) in [4.78, 5) is 16.7. The lowest BCUT2D eigenvalue weighted by Gasteiger charge is -2.45. The quantitative estimate of drug-likeness (QED) is 0.895. The molecule has 1 saturated carbocycles. The number of likely N-dealkylation sites (tertiary alicyclic amines) is 1. The summed E-state index contributed by atoms with van der Waals surface area (Å²) in [6.45, 7) is 2.11. The van der Waals surface area contributed by atoms with Gasteiger partial charge in [0, 0.05) is 32.7 Å². The van der Waals surface area contributed by atoms with Crippen LogP contribution in [0.4, 0.5) is 4.39 Å². The van der Waals surface area contributed by atoms with Gasteiger partial charge in [-0.1, -0.05) is 18.0 Å². The molecule has 0 bridgehead atoms. The van der Waals surface area contributed by atoms with Crippen LogP contribution >= 0.6 is 11.6 Å². The first-order valence-electron chi connectivity index (χ1n) is 8.08. The molecule has 1 aromatic rings. The SMILES string of the molecule is CN(C(=O)c1ccc(F)cc1Cl)[C@@H](CN1CC(O)C1)C1CCC1. The summed E-state index contributed by atoms with van der Waals surface area (Å²) in [5.74, 6) is -0.131. The minimum atomic E-state index is -0.445. The molecule has 1 aromatic carbocycles. The molecule has 1 aliphatic carbocycles. The van der Waals surface area contributed by atoms with Crippen LogP contribution in [0.5, 0.6) is 0 Å². The third kappa shape index (κ3) is 3.52. The molecule has 1 saturated heterocycles. The van der Waals surface area contributed by atoms with Crippen LogP contribution in [0.1, 0.15) is 29.6 Å². The van der Waals surface area contributed by atoms with Crippen molar-refractivity contribution in [3.05, 3.63) is 34.6 Å². The molecule has 3 rings (SSSR count). The van der Waals surface area contributed by atoms with E-state index in [0.717, 1.165) is 19.4 Å². The highest BCUT2D eigenvalue weighted by atomic mass is 35.5. The van der Waals surface area contributed by atoms with E-state index in [1.54, 1.807) is 11.9 Å². The molecule has 1 heterocycles. The Morgan fingerprint density at radius 3 is 2.70 bits per heavy atom. The maximum atomic E-state index is 13.2. The van der Waals surface area contributed by atoms with Gasteiger partial charge in [-0.05, 0) is 37.0 Å². The minimum Gasteiger partial charge on any atom is -0.390 e. The Bertz CT molecular complexity index is 588. The van der Waals surface area contributed by atoms with Crippen LogP contribution in [0.3, 0.4) is 0 Å². The number of carbonyl (C=O) groups is 1. The van der Waals surface area contributed by atoms with E-state index in [1.807, 2.05) is 0 Å². The van der Waals surface area contributed by atoms with Gasteiger partial charge in [-0.25, -0.2) is 4.39 Å². The number of likely N-dealkylation sites (N-methyl/N-ethyl adjacent to an activating group) is 1. The molecule has 2 fully saturated rings. The van der Waals surface area contributed by atoms with Crippen molar-refractivity contribution in [3.63, 3.8) is 0 Å². The smallest absolute Gasteiger partial charge is 0.255 e. The molecule has 2 aliphatic rings. The second kappa shape index (κ2) is 6.75.